The number of benzene rings is 2. The molecular formula is C26H28BrN5O2. The van der Waals surface area contributed by atoms with E-state index in [0.717, 1.165) is 46.9 Å². The van der Waals surface area contributed by atoms with E-state index in [9.17, 15) is 4.79 Å². The van der Waals surface area contributed by atoms with E-state index in [1.165, 1.54) is 0 Å². The smallest absolute Gasteiger partial charge is 0.225 e. The minimum absolute atomic E-state index is 0.0237. The van der Waals surface area contributed by atoms with Crippen molar-refractivity contribution < 1.29 is 4.42 Å². The first-order valence-electron chi connectivity index (χ1n) is 11.6. The number of fused-ring (bicyclic) bond motifs is 2. The van der Waals surface area contributed by atoms with Gasteiger partial charge in [-0.25, -0.2) is 4.98 Å². The second kappa shape index (κ2) is 9.72. The van der Waals surface area contributed by atoms with Crippen LogP contribution in [0.2, 0.25) is 0 Å². The summed E-state index contributed by atoms with van der Waals surface area (Å²) >= 11 is 3.43. The molecule has 0 bridgehead atoms. The Morgan fingerprint density at radius 2 is 1.79 bits per heavy atom. The third-order valence-corrected chi connectivity index (χ3v) is 6.95. The van der Waals surface area contributed by atoms with Crippen LogP contribution in [-0.2, 0) is 6.54 Å². The highest BCUT2D eigenvalue weighted by atomic mass is 79.9. The molecule has 1 aliphatic rings. The Labute approximate surface area is 206 Å². The molecule has 2 aromatic heterocycles. The zero-order valence-corrected chi connectivity index (χ0v) is 20.9. The number of rotatable bonds is 6. The van der Waals surface area contributed by atoms with Crippen molar-refractivity contribution >= 4 is 49.6 Å². The molecule has 0 saturated heterocycles. The molecule has 0 radical (unpaired) electrons. The first-order valence-corrected chi connectivity index (χ1v) is 12.4. The quantitative estimate of drug-likeness (QED) is 0.366. The zero-order chi connectivity index (χ0) is 23.7. The van der Waals surface area contributed by atoms with Crippen LogP contribution in [0.4, 0.5) is 11.8 Å². The van der Waals surface area contributed by atoms with Crippen molar-refractivity contribution in [2.75, 3.05) is 24.3 Å². The predicted octanol–water partition coefficient (Wildman–Crippen LogP) is 5.08. The van der Waals surface area contributed by atoms with Gasteiger partial charge in [0.2, 0.25) is 5.95 Å². The maximum atomic E-state index is 12.8. The Hall–Kier alpha value is -2.97. The van der Waals surface area contributed by atoms with E-state index in [1.807, 2.05) is 55.4 Å². The molecule has 0 atom stereocenters. The van der Waals surface area contributed by atoms with Crippen LogP contribution in [0, 0.1) is 0 Å². The maximum Gasteiger partial charge on any atom is 0.225 e. The first-order chi connectivity index (χ1) is 16.5. The van der Waals surface area contributed by atoms with E-state index in [2.05, 4.69) is 32.6 Å². The lowest BCUT2D eigenvalue weighted by molar-refractivity contribution is 0.351. The Bertz CT molecular complexity index is 1380. The number of halogens is 1. The molecule has 2 aromatic carbocycles. The van der Waals surface area contributed by atoms with Crippen molar-refractivity contribution in [3.05, 3.63) is 69.0 Å². The number of hydrogen-bond acceptors (Lipinski definition) is 7. The lowest BCUT2D eigenvalue weighted by atomic mass is 9.91. The minimum Gasteiger partial charge on any atom is -0.464 e. The number of hydrogen-bond donors (Lipinski definition) is 2. The first kappa shape index (κ1) is 22.8. The molecule has 1 fully saturated rings. The summed E-state index contributed by atoms with van der Waals surface area (Å²) < 4.78 is 6.54. The average molecular weight is 522 g/mol. The third-order valence-electron chi connectivity index (χ3n) is 6.45. The van der Waals surface area contributed by atoms with Crippen LogP contribution in [0.25, 0.3) is 21.9 Å². The highest BCUT2D eigenvalue weighted by molar-refractivity contribution is 9.10. The van der Waals surface area contributed by atoms with Crippen molar-refractivity contribution in [3.63, 3.8) is 0 Å². The van der Waals surface area contributed by atoms with Gasteiger partial charge in [0, 0.05) is 48.1 Å². The van der Waals surface area contributed by atoms with Crippen molar-refractivity contribution in [1.29, 1.82) is 0 Å². The van der Waals surface area contributed by atoms with Gasteiger partial charge in [-0.15, -0.1) is 0 Å². The van der Waals surface area contributed by atoms with E-state index in [-0.39, 0.29) is 5.43 Å². The van der Waals surface area contributed by atoms with Crippen LogP contribution in [-0.4, -0.2) is 36.1 Å². The summed E-state index contributed by atoms with van der Waals surface area (Å²) in [5, 5.41) is 8.76. The van der Waals surface area contributed by atoms with E-state index < -0.39 is 0 Å². The van der Waals surface area contributed by atoms with E-state index >= 15 is 0 Å². The lowest BCUT2D eigenvalue weighted by Gasteiger charge is -2.30. The van der Waals surface area contributed by atoms with Crippen LogP contribution >= 0.6 is 15.9 Å². The van der Waals surface area contributed by atoms with E-state index in [0.29, 0.717) is 41.1 Å². The van der Waals surface area contributed by atoms with Gasteiger partial charge in [-0.05, 0) is 56.0 Å². The maximum absolute atomic E-state index is 12.8. The fraction of sp³-hybridized carbons (Fsp3) is 0.346. The van der Waals surface area contributed by atoms with Gasteiger partial charge in [0.15, 0.2) is 5.43 Å². The van der Waals surface area contributed by atoms with E-state index in [4.69, 9.17) is 14.4 Å². The predicted molar refractivity (Wildman–Crippen MR) is 141 cm³/mol. The van der Waals surface area contributed by atoms with Crippen LogP contribution in [0.5, 0.6) is 0 Å². The summed E-state index contributed by atoms with van der Waals surface area (Å²) in [6.07, 6.45) is 5.67. The van der Waals surface area contributed by atoms with Gasteiger partial charge in [-0.2, -0.15) is 4.98 Å². The van der Waals surface area contributed by atoms with Crippen LogP contribution in [0.1, 0.15) is 31.2 Å². The third kappa shape index (κ3) is 4.79. The molecule has 176 valence electrons. The summed E-state index contributed by atoms with van der Waals surface area (Å²) in [6, 6.07) is 14.3. The number of nitrogens with zero attached hydrogens (tertiary/aromatic N) is 3. The molecule has 0 aliphatic heterocycles. The Morgan fingerprint density at radius 3 is 2.59 bits per heavy atom. The van der Waals surface area contributed by atoms with Crippen molar-refractivity contribution in [3.8, 4) is 0 Å². The standard InChI is InChI=1S/C26H28BrN5O2/c1-32(2)25-20-5-3-4-6-22(20)30-26(31-25)29-19-10-8-18(9-11-19)28-14-16-15-34-23-12-7-17(27)13-21(23)24(16)33/h3-7,12-13,15,18-19,28H,8-11,14H2,1-2H3,(H,29,30,31). The van der Waals surface area contributed by atoms with Crippen LogP contribution in [0.15, 0.2) is 62.4 Å². The Kier molecular flexibility index (Phi) is 6.52. The fourth-order valence-corrected chi connectivity index (χ4v) is 4.97. The Morgan fingerprint density at radius 1 is 1.03 bits per heavy atom. The van der Waals surface area contributed by atoms with Gasteiger partial charge >= 0.3 is 0 Å². The molecule has 0 amide bonds. The van der Waals surface area contributed by atoms with Gasteiger partial charge < -0.3 is 20.0 Å². The number of para-hydroxylation sites is 1. The molecule has 5 rings (SSSR count). The summed E-state index contributed by atoms with van der Waals surface area (Å²) in [7, 11) is 4.01. The molecule has 1 saturated carbocycles. The average Bonchev–Trinajstić information content (AvgIpc) is 2.84. The monoisotopic (exact) mass is 521 g/mol. The molecule has 8 heteroatoms. The molecule has 7 nitrogen and oxygen atoms in total. The molecule has 0 unspecified atom stereocenters. The Balaban J connectivity index is 1.20. The van der Waals surface area contributed by atoms with Gasteiger partial charge in [-0.1, -0.05) is 28.1 Å². The molecule has 2 heterocycles. The van der Waals surface area contributed by atoms with Crippen LogP contribution < -0.4 is 21.0 Å². The highest BCUT2D eigenvalue weighted by Gasteiger charge is 2.22. The summed E-state index contributed by atoms with van der Waals surface area (Å²) in [5.74, 6) is 1.60. The number of nitrogens with one attached hydrogen (secondary N) is 2. The second-order valence-corrected chi connectivity index (χ2v) is 10.0. The molecule has 2 N–H and O–H groups in total. The van der Waals surface area contributed by atoms with Gasteiger partial charge in [-0.3, -0.25) is 4.79 Å². The summed E-state index contributed by atoms with van der Waals surface area (Å²) in [6.45, 7) is 0.507. The van der Waals surface area contributed by atoms with Crippen LogP contribution in [0.3, 0.4) is 0 Å². The minimum atomic E-state index is 0.0237. The molecule has 0 spiro atoms. The van der Waals surface area contributed by atoms with Gasteiger partial charge in [0.05, 0.1) is 17.2 Å². The highest BCUT2D eigenvalue weighted by Crippen LogP contribution is 2.26. The zero-order valence-electron chi connectivity index (χ0n) is 19.3. The van der Waals surface area contributed by atoms with Crippen molar-refractivity contribution in [2.45, 2.75) is 44.3 Å². The molecule has 34 heavy (non-hydrogen) atoms. The van der Waals surface area contributed by atoms with Crippen molar-refractivity contribution in [1.82, 2.24) is 15.3 Å². The SMILES string of the molecule is CN(C)c1nc(NC2CCC(NCc3coc4ccc(Br)cc4c3=O)CC2)nc2ccccc12. The number of anilines is 2. The molecule has 4 aromatic rings. The number of aromatic nitrogens is 2. The van der Waals surface area contributed by atoms with Crippen molar-refractivity contribution in [2.24, 2.45) is 0 Å². The molecule has 1 aliphatic carbocycles. The van der Waals surface area contributed by atoms with Gasteiger partial charge in [0.1, 0.15) is 11.4 Å². The molecular weight excluding hydrogens is 494 g/mol. The summed E-state index contributed by atoms with van der Waals surface area (Å²) in [4.78, 5) is 24.4. The normalized spacial score (nSPS) is 18.3. The fourth-order valence-electron chi connectivity index (χ4n) is 4.61. The largest absolute Gasteiger partial charge is 0.464 e. The summed E-state index contributed by atoms with van der Waals surface area (Å²) in [5.41, 5.74) is 2.24. The topological polar surface area (TPSA) is 83.3 Å². The lowest BCUT2D eigenvalue weighted by Crippen LogP contribution is -2.37. The second-order valence-electron chi connectivity index (χ2n) is 9.09. The van der Waals surface area contributed by atoms with Gasteiger partial charge in [0.25, 0.3) is 0 Å². The van der Waals surface area contributed by atoms with E-state index in [1.54, 1.807) is 6.26 Å².